The van der Waals surface area contributed by atoms with Crippen LogP contribution in [0.25, 0.3) is 10.9 Å². The first-order valence-corrected chi connectivity index (χ1v) is 5.84. The summed E-state index contributed by atoms with van der Waals surface area (Å²) in [4.78, 5) is 8.13. The summed E-state index contributed by atoms with van der Waals surface area (Å²) in [6, 6.07) is 5.74. The van der Waals surface area contributed by atoms with Gasteiger partial charge < -0.3 is 4.74 Å². The average Bonchev–Trinajstić information content (AvgIpc) is 2.35. The highest BCUT2D eigenvalue weighted by molar-refractivity contribution is 6.28. The number of fused-ring (bicyclic) bond motifs is 1. The number of allylic oxidation sites excluding steroid dienone is 1. The van der Waals surface area contributed by atoms with Crippen LogP contribution in [0.5, 0.6) is 5.75 Å². The van der Waals surface area contributed by atoms with Crippen LogP contribution < -0.4 is 4.74 Å². The van der Waals surface area contributed by atoms with Crippen LogP contribution in [0, 0.1) is 0 Å². The third kappa shape index (κ3) is 2.94. The molecule has 1 aromatic carbocycles. The lowest BCUT2D eigenvalue weighted by molar-refractivity contribution is 0.315. The summed E-state index contributed by atoms with van der Waals surface area (Å²) in [5.41, 5.74) is 0.756. The number of rotatable bonds is 5. The lowest BCUT2D eigenvalue weighted by atomic mass is 10.2. The zero-order chi connectivity index (χ0) is 12.1. The molecule has 0 bridgehead atoms. The van der Waals surface area contributed by atoms with E-state index in [0.29, 0.717) is 6.61 Å². The molecule has 0 fully saturated rings. The summed E-state index contributed by atoms with van der Waals surface area (Å²) in [7, 11) is 0. The van der Waals surface area contributed by atoms with Crippen molar-refractivity contribution in [2.45, 2.75) is 12.8 Å². The van der Waals surface area contributed by atoms with Gasteiger partial charge in [0.25, 0.3) is 0 Å². The molecule has 0 saturated carbocycles. The SMILES string of the molecule is C=CCCCOc1cccc2cnc(Cl)nc12. The summed E-state index contributed by atoms with van der Waals surface area (Å²) in [6.07, 6.45) is 5.46. The van der Waals surface area contributed by atoms with Crippen LogP contribution in [0.2, 0.25) is 5.28 Å². The molecular formula is C13H13ClN2O. The maximum absolute atomic E-state index is 5.78. The van der Waals surface area contributed by atoms with Crippen LogP contribution >= 0.6 is 11.6 Å². The fourth-order valence-electron chi connectivity index (χ4n) is 1.53. The second kappa shape index (κ2) is 5.64. The van der Waals surface area contributed by atoms with Crippen molar-refractivity contribution in [3.8, 4) is 5.75 Å². The van der Waals surface area contributed by atoms with Crippen molar-refractivity contribution in [1.82, 2.24) is 9.97 Å². The molecule has 0 amide bonds. The van der Waals surface area contributed by atoms with E-state index in [0.717, 1.165) is 29.5 Å². The maximum atomic E-state index is 5.78. The number of hydrogen-bond donors (Lipinski definition) is 0. The molecule has 3 nitrogen and oxygen atoms in total. The number of aromatic nitrogens is 2. The highest BCUT2D eigenvalue weighted by atomic mass is 35.5. The zero-order valence-corrected chi connectivity index (χ0v) is 10.2. The number of halogens is 1. The van der Waals surface area contributed by atoms with Gasteiger partial charge in [0, 0.05) is 11.6 Å². The van der Waals surface area contributed by atoms with E-state index in [1.807, 2.05) is 24.3 Å². The van der Waals surface area contributed by atoms with Gasteiger partial charge in [0.1, 0.15) is 11.3 Å². The van der Waals surface area contributed by atoms with Gasteiger partial charge in [-0.05, 0) is 30.5 Å². The molecule has 0 spiro atoms. The van der Waals surface area contributed by atoms with Crippen molar-refractivity contribution in [3.63, 3.8) is 0 Å². The molecule has 4 heteroatoms. The van der Waals surface area contributed by atoms with Gasteiger partial charge in [-0.25, -0.2) is 9.97 Å². The summed E-state index contributed by atoms with van der Waals surface area (Å²) in [5, 5.41) is 1.16. The van der Waals surface area contributed by atoms with Crippen molar-refractivity contribution in [1.29, 1.82) is 0 Å². The highest BCUT2D eigenvalue weighted by Gasteiger charge is 2.04. The van der Waals surface area contributed by atoms with Gasteiger partial charge in [-0.15, -0.1) is 6.58 Å². The Morgan fingerprint density at radius 1 is 1.41 bits per heavy atom. The molecule has 0 unspecified atom stereocenters. The predicted octanol–water partition coefficient (Wildman–Crippen LogP) is 3.63. The van der Waals surface area contributed by atoms with E-state index in [2.05, 4.69) is 16.5 Å². The van der Waals surface area contributed by atoms with Gasteiger partial charge in [0.15, 0.2) is 0 Å². The first-order chi connectivity index (χ1) is 8.31. The van der Waals surface area contributed by atoms with Crippen LogP contribution in [0.4, 0.5) is 0 Å². The Morgan fingerprint density at radius 2 is 2.29 bits per heavy atom. The smallest absolute Gasteiger partial charge is 0.223 e. The van der Waals surface area contributed by atoms with Gasteiger partial charge in [-0.2, -0.15) is 0 Å². The number of nitrogens with zero attached hydrogens (tertiary/aromatic N) is 2. The zero-order valence-electron chi connectivity index (χ0n) is 9.40. The quantitative estimate of drug-likeness (QED) is 0.460. The molecule has 17 heavy (non-hydrogen) atoms. The number of ether oxygens (including phenoxy) is 1. The molecule has 2 rings (SSSR count). The molecule has 1 aromatic heterocycles. The van der Waals surface area contributed by atoms with Crippen molar-refractivity contribution >= 4 is 22.5 Å². The average molecular weight is 249 g/mol. The Morgan fingerprint density at radius 3 is 3.12 bits per heavy atom. The van der Waals surface area contributed by atoms with Crippen LogP contribution in [0.15, 0.2) is 37.1 Å². The number of unbranched alkanes of at least 4 members (excludes halogenated alkanes) is 1. The molecule has 0 aliphatic carbocycles. The predicted molar refractivity (Wildman–Crippen MR) is 69.5 cm³/mol. The Bertz CT molecular complexity index is 528. The van der Waals surface area contributed by atoms with Crippen molar-refractivity contribution in [3.05, 3.63) is 42.3 Å². The molecular weight excluding hydrogens is 236 g/mol. The van der Waals surface area contributed by atoms with Gasteiger partial charge in [0.2, 0.25) is 5.28 Å². The van der Waals surface area contributed by atoms with Gasteiger partial charge in [-0.1, -0.05) is 18.2 Å². The summed E-state index contributed by atoms with van der Waals surface area (Å²) in [6.45, 7) is 4.32. The molecule has 88 valence electrons. The molecule has 2 aromatic rings. The van der Waals surface area contributed by atoms with Crippen LogP contribution in [0.3, 0.4) is 0 Å². The summed E-state index contributed by atoms with van der Waals surface area (Å²) in [5.74, 6) is 0.746. The first-order valence-electron chi connectivity index (χ1n) is 5.46. The Kier molecular flexibility index (Phi) is 3.94. The Labute approximate surface area is 105 Å². The summed E-state index contributed by atoms with van der Waals surface area (Å²) < 4.78 is 5.68. The molecule has 1 heterocycles. The minimum absolute atomic E-state index is 0.236. The fourth-order valence-corrected chi connectivity index (χ4v) is 1.67. The number of hydrogen-bond acceptors (Lipinski definition) is 3. The topological polar surface area (TPSA) is 35.0 Å². The van der Waals surface area contributed by atoms with Crippen LogP contribution in [-0.2, 0) is 0 Å². The molecule has 0 aliphatic rings. The molecule has 0 aliphatic heterocycles. The van der Waals surface area contributed by atoms with E-state index < -0.39 is 0 Å². The molecule has 0 radical (unpaired) electrons. The van der Waals surface area contributed by atoms with Crippen LogP contribution in [-0.4, -0.2) is 16.6 Å². The van der Waals surface area contributed by atoms with Gasteiger partial charge in [-0.3, -0.25) is 0 Å². The van der Waals surface area contributed by atoms with Crippen LogP contribution in [0.1, 0.15) is 12.8 Å². The minimum Gasteiger partial charge on any atom is -0.491 e. The standard InChI is InChI=1S/C13H13ClN2O/c1-2-3-4-8-17-11-7-5-6-10-9-15-13(14)16-12(10)11/h2,5-7,9H,1,3-4,8H2. The number of benzene rings is 1. The van der Waals surface area contributed by atoms with E-state index in [9.17, 15) is 0 Å². The number of para-hydroxylation sites is 1. The molecule has 0 saturated heterocycles. The van der Waals surface area contributed by atoms with Gasteiger partial charge in [0.05, 0.1) is 6.61 Å². The van der Waals surface area contributed by atoms with E-state index in [1.54, 1.807) is 6.20 Å². The second-order valence-corrected chi connectivity index (χ2v) is 3.95. The first kappa shape index (κ1) is 11.9. The third-order valence-corrected chi connectivity index (χ3v) is 2.54. The van der Waals surface area contributed by atoms with E-state index in [1.165, 1.54) is 0 Å². The van der Waals surface area contributed by atoms with Crippen molar-refractivity contribution in [2.75, 3.05) is 6.61 Å². The highest BCUT2D eigenvalue weighted by Crippen LogP contribution is 2.24. The molecule has 0 atom stereocenters. The third-order valence-electron chi connectivity index (χ3n) is 2.35. The minimum atomic E-state index is 0.236. The summed E-state index contributed by atoms with van der Waals surface area (Å²) >= 11 is 5.78. The fraction of sp³-hybridized carbons (Fsp3) is 0.231. The largest absolute Gasteiger partial charge is 0.491 e. The Hall–Kier alpha value is -1.61. The lowest BCUT2D eigenvalue weighted by Gasteiger charge is -2.07. The van der Waals surface area contributed by atoms with E-state index >= 15 is 0 Å². The van der Waals surface area contributed by atoms with E-state index in [-0.39, 0.29) is 5.28 Å². The lowest BCUT2D eigenvalue weighted by Crippen LogP contribution is -1.98. The van der Waals surface area contributed by atoms with Crippen molar-refractivity contribution < 1.29 is 4.74 Å². The van der Waals surface area contributed by atoms with Gasteiger partial charge >= 0.3 is 0 Å². The Balaban J connectivity index is 2.21. The monoisotopic (exact) mass is 248 g/mol. The molecule has 0 N–H and O–H groups in total. The van der Waals surface area contributed by atoms with Crippen molar-refractivity contribution in [2.24, 2.45) is 0 Å². The van der Waals surface area contributed by atoms with E-state index in [4.69, 9.17) is 16.3 Å². The second-order valence-electron chi connectivity index (χ2n) is 3.61. The normalized spacial score (nSPS) is 10.4. The maximum Gasteiger partial charge on any atom is 0.223 e.